The molecule has 7 nitrogen and oxygen atoms in total. The molecule has 2 aromatic heterocycles. The third-order valence-electron chi connectivity index (χ3n) is 5.53. The molecule has 3 aromatic rings. The standard InChI is InChI=1S/C21H28N4O3S/c1-15(2)25-18-9-6-5-8-17(18)22-21(25)19-10-7-13-24(19)14-16-11-12-20(28-16)29(26,27)23(3)4/h5-6,8-9,11-12,15,19H,7,10,13-14H2,1-4H3. The van der Waals surface area contributed by atoms with E-state index in [9.17, 15) is 8.42 Å². The molecular formula is C21H28N4O3S. The number of imidazole rings is 1. The molecule has 3 heterocycles. The minimum Gasteiger partial charge on any atom is -0.447 e. The van der Waals surface area contributed by atoms with Crippen molar-refractivity contribution in [3.8, 4) is 0 Å². The smallest absolute Gasteiger partial charge is 0.275 e. The number of para-hydroxylation sites is 2. The first kappa shape index (κ1) is 20.1. The summed E-state index contributed by atoms with van der Waals surface area (Å²) in [6, 6.07) is 12.0. The minimum atomic E-state index is -3.56. The monoisotopic (exact) mass is 416 g/mol. The maximum Gasteiger partial charge on any atom is 0.275 e. The third-order valence-corrected chi connectivity index (χ3v) is 7.22. The molecule has 29 heavy (non-hydrogen) atoms. The second-order valence-electron chi connectivity index (χ2n) is 8.06. The molecule has 1 fully saturated rings. The first-order valence-electron chi connectivity index (χ1n) is 10.0. The Kier molecular flexibility index (Phi) is 5.27. The van der Waals surface area contributed by atoms with Gasteiger partial charge in [0, 0.05) is 20.1 Å². The highest BCUT2D eigenvalue weighted by Crippen LogP contribution is 2.36. The molecule has 0 saturated carbocycles. The van der Waals surface area contributed by atoms with Gasteiger partial charge in [-0.15, -0.1) is 0 Å². The number of likely N-dealkylation sites (tertiary alicyclic amines) is 1. The summed E-state index contributed by atoms with van der Waals surface area (Å²) in [5, 5.41) is -0.0114. The van der Waals surface area contributed by atoms with E-state index in [4.69, 9.17) is 9.40 Å². The molecule has 1 unspecified atom stereocenters. The number of rotatable bonds is 6. The van der Waals surface area contributed by atoms with Crippen LogP contribution in [-0.2, 0) is 16.6 Å². The molecule has 1 aromatic carbocycles. The quantitative estimate of drug-likeness (QED) is 0.611. The Labute approximate surface area is 172 Å². The third kappa shape index (κ3) is 3.60. The summed E-state index contributed by atoms with van der Waals surface area (Å²) in [6.45, 7) is 5.86. The summed E-state index contributed by atoms with van der Waals surface area (Å²) in [7, 11) is -0.550. The van der Waals surface area contributed by atoms with Gasteiger partial charge in [0.15, 0.2) is 0 Å². The van der Waals surface area contributed by atoms with E-state index in [1.54, 1.807) is 12.1 Å². The number of aromatic nitrogens is 2. The lowest BCUT2D eigenvalue weighted by atomic mass is 10.2. The van der Waals surface area contributed by atoms with Crippen molar-refractivity contribution in [2.75, 3.05) is 20.6 Å². The topological polar surface area (TPSA) is 71.6 Å². The number of sulfonamides is 1. The summed E-state index contributed by atoms with van der Waals surface area (Å²) in [5.74, 6) is 1.73. The van der Waals surface area contributed by atoms with Gasteiger partial charge in [-0.3, -0.25) is 4.90 Å². The van der Waals surface area contributed by atoms with Crippen LogP contribution in [0, 0.1) is 0 Å². The zero-order valence-electron chi connectivity index (χ0n) is 17.4. The van der Waals surface area contributed by atoms with Crippen molar-refractivity contribution >= 4 is 21.1 Å². The van der Waals surface area contributed by atoms with E-state index in [2.05, 4.69) is 41.5 Å². The zero-order chi connectivity index (χ0) is 20.8. The number of furan rings is 1. The SMILES string of the molecule is CC(C)n1c(C2CCCN2Cc2ccc(S(=O)(=O)N(C)C)o2)nc2ccccc21. The second-order valence-corrected chi connectivity index (χ2v) is 10.1. The fourth-order valence-electron chi connectivity index (χ4n) is 4.11. The second kappa shape index (κ2) is 7.59. The Bertz CT molecular complexity index is 1110. The van der Waals surface area contributed by atoms with Crippen molar-refractivity contribution in [1.29, 1.82) is 0 Å². The Morgan fingerprint density at radius 3 is 2.69 bits per heavy atom. The van der Waals surface area contributed by atoms with E-state index in [0.717, 1.165) is 36.2 Å². The molecule has 156 valence electrons. The number of benzene rings is 1. The van der Waals surface area contributed by atoms with Crippen molar-refractivity contribution in [1.82, 2.24) is 18.8 Å². The van der Waals surface area contributed by atoms with E-state index in [1.165, 1.54) is 18.4 Å². The Balaban J connectivity index is 1.64. The molecule has 1 aliphatic rings. The maximum atomic E-state index is 12.3. The molecule has 1 atom stereocenters. The highest BCUT2D eigenvalue weighted by molar-refractivity contribution is 7.88. The van der Waals surface area contributed by atoms with Gasteiger partial charge in [-0.25, -0.2) is 17.7 Å². The lowest BCUT2D eigenvalue weighted by molar-refractivity contribution is 0.210. The maximum absolute atomic E-state index is 12.3. The fraction of sp³-hybridized carbons (Fsp3) is 0.476. The van der Waals surface area contributed by atoms with Gasteiger partial charge in [-0.2, -0.15) is 0 Å². The summed E-state index contributed by atoms with van der Waals surface area (Å²) in [5.41, 5.74) is 2.17. The molecule has 0 spiro atoms. The molecule has 0 radical (unpaired) electrons. The van der Waals surface area contributed by atoms with Gasteiger partial charge >= 0.3 is 0 Å². The van der Waals surface area contributed by atoms with Crippen molar-refractivity contribution in [3.05, 3.63) is 48.0 Å². The molecule has 0 amide bonds. The van der Waals surface area contributed by atoms with Gasteiger partial charge in [-0.05, 0) is 57.5 Å². The van der Waals surface area contributed by atoms with Gasteiger partial charge in [0.2, 0.25) is 5.09 Å². The zero-order valence-corrected chi connectivity index (χ0v) is 18.2. The van der Waals surface area contributed by atoms with E-state index in [0.29, 0.717) is 18.3 Å². The van der Waals surface area contributed by atoms with Crippen LogP contribution in [0.25, 0.3) is 11.0 Å². The Morgan fingerprint density at radius 1 is 1.21 bits per heavy atom. The molecule has 0 aliphatic carbocycles. The van der Waals surface area contributed by atoms with Crippen LogP contribution in [0.2, 0.25) is 0 Å². The summed E-state index contributed by atoms with van der Waals surface area (Å²) >= 11 is 0. The van der Waals surface area contributed by atoms with E-state index < -0.39 is 10.0 Å². The average molecular weight is 417 g/mol. The molecule has 1 saturated heterocycles. The van der Waals surface area contributed by atoms with E-state index in [-0.39, 0.29) is 11.1 Å². The van der Waals surface area contributed by atoms with Gasteiger partial charge < -0.3 is 8.98 Å². The normalized spacial score (nSPS) is 18.5. The minimum absolute atomic E-state index is 0.0114. The Morgan fingerprint density at radius 2 is 1.97 bits per heavy atom. The molecule has 0 N–H and O–H groups in total. The average Bonchev–Trinajstić information content (AvgIpc) is 3.39. The fourth-order valence-corrected chi connectivity index (χ4v) is 4.92. The lowest BCUT2D eigenvalue weighted by Crippen LogP contribution is -2.25. The van der Waals surface area contributed by atoms with Gasteiger partial charge in [0.05, 0.1) is 23.6 Å². The summed E-state index contributed by atoms with van der Waals surface area (Å²) < 4.78 is 33.8. The highest BCUT2D eigenvalue weighted by atomic mass is 32.2. The number of hydrogen-bond donors (Lipinski definition) is 0. The first-order chi connectivity index (χ1) is 13.8. The molecule has 4 rings (SSSR count). The number of nitrogens with zero attached hydrogens (tertiary/aromatic N) is 4. The van der Waals surface area contributed by atoms with E-state index in [1.807, 2.05) is 6.07 Å². The van der Waals surface area contributed by atoms with Crippen molar-refractivity contribution < 1.29 is 12.8 Å². The van der Waals surface area contributed by atoms with Crippen molar-refractivity contribution in [2.45, 2.75) is 50.4 Å². The van der Waals surface area contributed by atoms with Crippen molar-refractivity contribution in [3.63, 3.8) is 0 Å². The van der Waals surface area contributed by atoms with Crippen LogP contribution >= 0.6 is 0 Å². The molecular weight excluding hydrogens is 388 g/mol. The summed E-state index contributed by atoms with van der Waals surface area (Å²) in [6.07, 6.45) is 2.11. The number of fused-ring (bicyclic) bond motifs is 1. The highest BCUT2D eigenvalue weighted by Gasteiger charge is 2.32. The van der Waals surface area contributed by atoms with Crippen LogP contribution in [0.1, 0.15) is 50.4 Å². The first-order valence-corrected chi connectivity index (χ1v) is 11.4. The van der Waals surface area contributed by atoms with Crippen LogP contribution in [-0.4, -0.2) is 47.8 Å². The number of hydrogen-bond acceptors (Lipinski definition) is 5. The van der Waals surface area contributed by atoms with Gasteiger partial charge in [-0.1, -0.05) is 12.1 Å². The van der Waals surface area contributed by atoms with Gasteiger partial charge in [0.25, 0.3) is 10.0 Å². The molecule has 0 bridgehead atoms. The van der Waals surface area contributed by atoms with Crippen LogP contribution < -0.4 is 0 Å². The largest absolute Gasteiger partial charge is 0.447 e. The van der Waals surface area contributed by atoms with Gasteiger partial charge in [0.1, 0.15) is 11.6 Å². The van der Waals surface area contributed by atoms with Crippen molar-refractivity contribution in [2.24, 2.45) is 0 Å². The predicted octanol–water partition coefficient (Wildman–Crippen LogP) is 3.80. The van der Waals surface area contributed by atoms with E-state index >= 15 is 0 Å². The van der Waals surface area contributed by atoms with Crippen LogP contribution in [0.15, 0.2) is 45.9 Å². The molecule has 8 heteroatoms. The Hall–Kier alpha value is -2.16. The van der Waals surface area contributed by atoms with Crippen LogP contribution in [0.3, 0.4) is 0 Å². The van der Waals surface area contributed by atoms with Crippen LogP contribution in [0.5, 0.6) is 0 Å². The predicted molar refractivity (Wildman–Crippen MR) is 112 cm³/mol. The summed E-state index contributed by atoms with van der Waals surface area (Å²) in [4.78, 5) is 7.30. The van der Waals surface area contributed by atoms with Crippen LogP contribution in [0.4, 0.5) is 0 Å². The lowest BCUT2D eigenvalue weighted by Gasteiger charge is -2.25. The molecule has 1 aliphatic heterocycles.